The van der Waals surface area contributed by atoms with Gasteiger partial charge in [-0.05, 0) is 24.1 Å². The number of carbonyl (C=O) groups excluding carboxylic acids is 1. The standard InChI is InChI=1S/C21H27N5O/c22-21(23-12-11-18-7-3-1-4-8-18)24-17-20(27)26-15-13-25(14-16-26)19-9-5-2-6-10-19/h1-10H,11-17H2,(H3,22,23,24). The van der Waals surface area contributed by atoms with Crippen LogP contribution in [0.4, 0.5) is 5.69 Å². The first kappa shape index (κ1) is 18.8. The molecule has 0 spiro atoms. The van der Waals surface area contributed by atoms with E-state index in [2.05, 4.69) is 39.5 Å². The smallest absolute Gasteiger partial charge is 0.244 e. The molecule has 1 amide bonds. The maximum absolute atomic E-state index is 12.4. The molecule has 1 aliphatic rings. The van der Waals surface area contributed by atoms with E-state index in [0.717, 1.165) is 19.5 Å². The third-order valence-electron chi connectivity index (χ3n) is 4.70. The summed E-state index contributed by atoms with van der Waals surface area (Å²) in [6.45, 7) is 3.89. The summed E-state index contributed by atoms with van der Waals surface area (Å²) in [6, 6.07) is 20.5. The molecule has 0 bridgehead atoms. The topological polar surface area (TPSA) is 74.0 Å². The van der Waals surface area contributed by atoms with E-state index >= 15 is 0 Å². The van der Waals surface area contributed by atoms with Gasteiger partial charge in [-0.25, -0.2) is 4.99 Å². The second-order valence-corrected chi connectivity index (χ2v) is 6.57. The van der Waals surface area contributed by atoms with Crippen LogP contribution in [0.1, 0.15) is 5.56 Å². The highest BCUT2D eigenvalue weighted by Gasteiger charge is 2.20. The van der Waals surface area contributed by atoms with E-state index in [0.29, 0.717) is 25.6 Å². The molecule has 0 aliphatic carbocycles. The lowest BCUT2D eigenvalue weighted by atomic mass is 10.1. The fourth-order valence-electron chi connectivity index (χ4n) is 3.14. The van der Waals surface area contributed by atoms with Gasteiger partial charge in [-0.2, -0.15) is 0 Å². The summed E-state index contributed by atoms with van der Waals surface area (Å²) < 4.78 is 0. The van der Waals surface area contributed by atoms with Gasteiger partial charge < -0.3 is 20.9 Å². The number of nitrogens with one attached hydrogen (secondary N) is 1. The van der Waals surface area contributed by atoms with Crippen molar-refractivity contribution in [1.29, 1.82) is 0 Å². The van der Waals surface area contributed by atoms with Gasteiger partial charge in [-0.15, -0.1) is 0 Å². The molecule has 0 aromatic heterocycles. The first-order valence-electron chi connectivity index (χ1n) is 9.38. The Morgan fingerprint density at radius 1 is 0.963 bits per heavy atom. The molecular weight excluding hydrogens is 338 g/mol. The molecule has 2 aromatic rings. The van der Waals surface area contributed by atoms with Crippen molar-refractivity contribution >= 4 is 17.6 Å². The van der Waals surface area contributed by atoms with Crippen molar-refractivity contribution in [3.05, 3.63) is 66.2 Å². The normalized spacial score (nSPS) is 14.9. The second kappa shape index (κ2) is 9.62. The van der Waals surface area contributed by atoms with E-state index in [4.69, 9.17) is 5.73 Å². The number of rotatable bonds is 6. The Labute approximate surface area is 160 Å². The SMILES string of the molecule is NC(=NCC(=O)N1CCN(c2ccccc2)CC1)NCCc1ccccc1. The molecule has 0 radical (unpaired) electrons. The van der Waals surface area contributed by atoms with Gasteiger partial charge in [0.05, 0.1) is 0 Å². The average Bonchev–Trinajstić information content (AvgIpc) is 2.73. The number of para-hydroxylation sites is 1. The number of carbonyl (C=O) groups is 1. The Kier molecular flexibility index (Phi) is 6.68. The number of benzene rings is 2. The minimum Gasteiger partial charge on any atom is -0.370 e. The van der Waals surface area contributed by atoms with Crippen LogP contribution in [-0.4, -0.2) is 56.0 Å². The van der Waals surface area contributed by atoms with Gasteiger partial charge in [0.25, 0.3) is 0 Å². The Balaban J connectivity index is 1.38. The van der Waals surface area contributed by atoms with Crippen LogP contribution in [0, 0.1) is 0 Å². The molecular formula is C21H27N5O. The highest BCUT2D eigenvalue weighted by atomic mass is 16.2. The Morgan fingerprint density at radius 3 is 2.26 bits per heavy atom. The lowest BCUT2D eigenvalue weighted by molar-refractivity contribution is -0.129. The summed E-state index contributed by atoms with van der Waals surface area (Å²) in [4.78, 5) is 20.7. The zero-order chi connectivity index (χ0) is 18.9. The predicted octanol–water partition coefficient (Wildman–Crippen LogP) is 1.48. The van der Waals surface area contributed by atoms with Crippen LogP contribution < -0.4 is 16.0 Å². The highest BCUT2D eigenvalue weighted by Crippen LogP contribution is 2.15. The monoisotopic (exact) mass is 365 g/mol. The summed E-state index contributed by atoms with van der Waals surface area (Å²) in [7, 11) is 0. The van der Waals surface area contributed by atoms with E-state index in [9.17, 15) is 4.79 Å². The molecule has 1 heterocycles. The van der Waals surface area contributed by atoms with Gasteiger partial charge in [-0.3, -0.25) is 4.79 Å². The Hall–Kier alpha value is -3.02. The van der Waals surface area contributed by atoms with E-state index in [1.54, 1.807) is 0 Å². The summed E-state index contributed by atoms with van der Waals surface area (Å²) >= 11 is 0. The maximum atomic E-state index is 12.4. The molecule has 0 unspecified atom stereocenters. The van der Waals surface area contributed by atoms with E-state index < -0.39 is 0 Å². The summed E-state index contributed by atoms with van der Waals surface area (Å²) in [6.07, 6.45) is 0.868. The van der Waals surface area contributed by atoms with Crippen LogP contribution in [0.2, 0.25) is 0 Å². The molecule has 1 saturated heterocycles. The second-order valence-electron chi connectivity index (χ2n) is 6.57. The number of aliphatic imine (C=N–C) groups is 1. The largest absolute Gasteiger partial charge is 0.370 e. The zero-order valence-corrected chi connectivity index (χ0v) is 15.6. The van der Waals surface area contributed by atoms with Gasteiger partial charge in [0.15, 0.2) is 5.96 Å². The van der Waals surface area contributed by atoms with Crippen molar-refractivity contribution < 1.29 is 4.79 Å². The van der Waals surface area contributed by atoms with E-state index in [-0.39, 0.29) is 12.5 Å². The summed E-state index contributed by atoms with van der Waals surface area (Å²) in [5.41, 5.74) is 8.32. The number of nitrogens with two attached hydrogens (primary N) is 1. The molecule has 6 heteroatoms. The van der Waals surface area contributed by atoms with Crippen LogP contribution in [0.15, 0.2) is 65.7 Å². The van der Waals surface area contributed by atoms with Crippen molar-refractivity contribution in [2.45, 2.75) is 6.42 Å². The van der Waals surface area contributed by atoms with Crippen molar-refractivity contribution in [2.75, 3.05) is 44.2 Å². The van der Waals surface area contributed by atoms with Crippen molar-refractivity contribution in [2.24, 2.45) is 10.7 Å². The van der Waals surface area contributed by atoms with Crippen LogP contribution >= 0.6 is 0 Å². The van der Waals surface area contributed by atoms with Gasteiger partial charge in [0, 0.05) is 38.4 Å². The molecule has 3 N–H and O–H groups in total. The van der Waals surface area contributed by atoms with Crippen LogP contribution in [-0.2, 0) is 11.2 Å². The highest BCUT2D eigenvalue weighted by molar-refractivity contribution is 5.84. The van der Waals surface area contributed by atoms with Gasteiger partial charge in [0.1, 0.15) is 6.54 Å². The lowest BCUT2D eigenvalue weighted by Crippen LogP contribution is -2.49. The fourth-order valence-corrected chi connectivity index (χ4v) is 3.14. The van der Waals surface area contributed by atoms with Gasteiger partial charge in [0.2, 0.25) is 5.91 Å². The number of anilines is 1. The number of nitrogens with zero attached hydrogens (tertiary/aromatic N) is 3. The first-order chi connectivity index (χ1) is 13.2. The molecule has 3 rings (SSSR count). The summed E-state index contributed by atoms with van der Waals surface area (Å²) in [5.74, 6) is 0.345. The quantitative estimate of drug-likeness (QED) is 0.601. The first-order valence-corrected chi connectivity index (χ1v) is 9.38. The molecule has 6 nitrogen and oxygen atoms in total. The van der Waals surface area contributed by atoms with Gasteiger partial charge >= 0.3 is 0 Å². The molecule has 27 heavy (non-hydrogen) atoms. The summed E-state index contributed by atoms with van der Waals surface area (Å²) in [5, 5.41) is 3.07. The number of piperazine rings is 1. The minimum atomic E-state index is 0.0236. The van der Waals surface area contributed by atoms with Crippen molar-refractivity contribution in [1.82, 2.24) is 10.2 Å². The fraction of sp³-hybridized carbons (Fsp3) is 0.333. The number of hydrogen-bond donors (Lipinski definition) is 2. The number of hydrogen-bond acceptors (Lipinski definition) is 3. The van der Waals surface area contributed by atoms with Crippen LogP contribution in [0.25, 0.3) is 0 Å². The van der Waals surface area contributed by atoms with Crippen molar-refractivity contribution in [3.8, 4) is 0 Å². The third-order valence-corrected chi connectivity index (χ3v) is 4.70. The molecule has 2 aromatic carbocycles. The predicted molar refractivity (Wildman–Crippen MR) is 110 cm³/mol. The number of guanidine groups is 1. The third kappa shape index (κ3) is 5.74. The Morgan fingerprint density at radius 2 is 1.59 bits per heavy atom. The molecule has 0 atom stereocenters. The van der Waals surface area contributed by atoms with Crippen molar-refractivity contribution in [3.63, 3.8) is 0 Å². The van der Waals surface area contributed by atoms with Crippen LogP contribution in [0.3, 0.4) is 0 Å². The molecule has 142 valence electrons. The average molecular weight is 365 g/mol. The molecule has 1 fully saturated rings. The maximum Gasteiger partial charge on any atom is 0.244 e. The molecule has 1 aliphatic heterocycles. The van der Waals surface area contributed by atoms with Crippen LogP contribution in [0.5, 0.6) is 0 Å². The zero-order valence-electron chi connectivity index (χ0n) is 15.6. The molecule has 0 saturated carbocycles. The van der Waals surface area contributed by atoms with E-state index in [1.165, 1.54) is 11.3 Å². The van der Waals surface area contributed by atoms with E-state index in [1.807, 2.05) is 41.3 Å². The minimum absolute atomic E-state index is 0.0236. The number of amides is 1. The van der Waals surface area contributed by atoms with Gasteiger partial charge in [-0.1, -0.05) is 48.5 Å². The Bertz CT molecular complexity index is 740. The lowest BCUT2D eigenvalue weighted by Gasteiger charge is -2.35.